The number of aryl methyl sites for hydroxylation is 2. The first-order valence-electron chi connectivity index (χ1n) is 12.0. The summed E-state index contributed by atoms with van der Waals surface area (Å²) in [4.78, 5) is 26.9. The van der Waals surface area contributed by atoms with E-state index in [0.29, 0.717) is 0 Å². The molecule has 3 aromatic rings. The maximum absolute atomic E-state index is 13.4. The Kier molecular flexibility index (Phi) is 8.07. The lowest BCUT2D eigenvalue weighted by molar-refractivity contribution is -0.120. The lowest BCUT2D eigenvalue weighted by Crippen LogP contribution is -2.24. The molecule has 2 amide bonds. The molecule has 1 unspecified atom stereocenters. The van der Waals surface area contributed by atoms with Gasteiger partial charge in [-0.2, -0.15) is 0 Å². The summed E-state index contributed by atoms with van der Waals surface area (Å²) >= 11 is 1.51. The van der Waals surface area contributed by atoms with E-state index >= 15 is 0 Å². The highest BCUT2D eigenvalue weighted by molar-refractivity contribution is 8.00. The van der Waals surface area contributed by atoms with Crippen molar-refractivity contribution in [1.82, 2.24) is 0 Å². The van der Waals surface area contributed by atoms with E-state index in [9.17, 15) is 9.59 Å². The molecule has 0 aliphatic heterocycles. The Bertz CT molecular complexity index is 1120. The van der Waals surface area contributed by atoms with Gasteiger partial charge < -0.3 is 10.6 Å². The van der Waals surface area contributed by atoms with E-state index in [4.69, 9.17) is 0 Å². The van der Waals surface area contributed by atoms with Crippen molar-refractivity contribution in [2.75, 3.05) is 10.6 Å². The van der Waals surface area contributed by atoms with Gasteiger partial charge in [0.05, 0.1) is 0 Å². The van der Waals surface area contributed by atoms with Crippen molar-refractivity contribution in [2.24, 2.45) is 5.92 Å². The Morgan fingerprint density at radius 2 is 1.56 bits per heavy atom. The molecule has 0 aromatic heterocycles. The smallest absolute Gasteiger partial charge is 0.242 e. The van der Waals surface area contributed by atoms with Crippen LogP contribution in [0.4, 0.5) is 11.4 Å². The predicted molar refractivity (Wildman–Crippen MR) is 141 cm³/mol. The van der Waals surface area contributed by atoms with Crippen molar-refractivity contribution in [1.29, 1.82) is 0 Å². The largest absolute Gasteiger partial charge is 0.326 e. The fourth-order valence-electron chi connectivity index (χ4n) is 4.41. The summed E-state index contributed by atoms with van der Waals surface area (Å²) in [6, 6.07) is 23.7. The fourth-order valence-corrected chi connectivity index (χ4v) is 5.44. The van der Waals surface area contributed by atoms with Gasteiger partial charge in [-0.1, -0.05) is 67.3 Å². The lowest BCUT2D eigenvalue weighted by Gasteiger charge is -2.21. The molecule has 3 aromatic carbocycles. The van der Waals surface area contributed by atoms with Crippen molar-refractivity contribution >= 4 is 35.0 Å². The molecule has 1 aliphatic rings. The Labute approximate surface area is 206 Å². The Hall–Kier alpha value is -3.05. The van der Waals surface area contributed by atoms with Gasteiger partial charge in [0.1, 0.15) is 5.25 Å². The summed E-state index contributed by atoms with van der Waals surface area (Å²) in [6.07, 6.45) is 5.47. The zero-order chi connectivity index (χ0) is 23.9. The van der Waals surface area contributed by atoms with Crippen LogP contribution < -0.4 is 10.6 Å². The quantitative estimate of drug-likeness (QED) is 0.355. The number of hydrogen-bond acceptors (Lipinski definition) is 3. The molecule has 0 heterocycles. The number of amides is 2. The van der Waals surface area contributed by atoms with Crippen LogP contribution in [0, 0.1) is 19.8 Å². The van der Waals surface area contributed by atoms with E-state index in [1.165, 1.54) is 23.7 Å². The van der Waals surface area contributed by atoms with Gasteiger partial charge in [-0.15, -0.1) is 11.8 Å². The van der Waals surface area contributed by atoms with Crippen molar-refractivity contribution in [2.45, 2.75) is 56.1 Å². The first-order chi connectivity index (χ1) is 16.5. The maximum Gasteiger partial charge on any atom is 0.242 e. The normalized spacial score (nSPS) is 14.9. The molecular weight excluding hydrogens is 440 g/mol. The highest BCUT2D eigenvalue weighted by atomic mass is 32.2. The van der Waals surface area contributed by atoms with Gasteiger partial charge in [-0.3, -0.25) is 9.59 Å². The average Bonchev–Trinajstić information content (AvgIpc) is 2.86. The minimum atomic E-state index is -0.399. The van der Waals surface area contributed by atoms with Crippen molar-refractivity contribution < 1.29 is 9.59 Å². The third-order valence-corrected chi connectivity index (χ3v) is 7.60. The Morgan fingerprint density at radius 1 is 0.853 bits per heavy atom. The number of hydrogen-bond donors (Lipinski definition) is 2. The molecule has 1 fully saturated rings. The highest BCUT2D eigenvalue weighted by Gasteiger charge is 2.23. The minimum Gasteiger partial charge on any atom is -0.326 e. The van der Waals surface area contributed by atoms with E-state index in [0.717, 1.165) is 53.1 Å². The molecule has 4 nitrogen and oxygen atoms in total. The number of thioether (sulfide) groups is 1. The molecule has 1 saturated carbocycles. The van der Waals surface area contributed by atoms with Gasteiger partial charge >= 0.3 is 0 Å². The SMILES string of the molecule is Cc1ccc(NC(=O)C(Sc2ccc(NC(=O)C3CCCCC3)cc2)c2ccccc2)c(C)c1. The lowest BCUT2D eigenvalue weighted by atomic mass is 9.88. The predicted octanol–water partition coefficient (Wildman–Crippen LogP) is 7.29. The van der Waals surface area contributed by atoms with Crippen LogP contribution in [0.15, 0.2) is 77.7 Å². The van der Waals surface area contributed by atoms with Crippen molar-refractivity contribution in [3.8, 4) is 0 Å². The third-order valence-electron chi connectivity index (χ3n) is 6.33. The van der Waals surface area contributed by atoms with Crippen LogP contribution in [0.25, 0.3) is 0 Å². The summed E-state index contributed by atoms with van der Waals surface area (Å²) < 4.78 is 0. The summed E-state index contributed by atoms with van der Waals surface area (Å²) in [6.45, 7) is 4.05. The molecule has 2 N–H and O–H groups in total. The third kappa shape index (κ3) is 6.29. The topological polar surface area (TPSA) is 58.2 Å². The molecule has 176 valence electrons. The van der Waals surface area contributed by atoms with Crippen molar-refractivity contribution in [3.05, 3.63) is 89.5 Å². The van der Waals surface area contributed by atoms with Gasteiger partial charge in [0, 0.05) is 22.2 Å². The number of benzene rings is 3. The highest BCUT2D eigenvalue weighted by Crippen LogP contribution is 2.37. The van der Waals surface area contributed by atoms with E-state index in [2.05, 4.69) is 16.7 Å². The second-order valence-corrected chi connectivity index (χ2v) is 10.2. The Morgan fingerprint density at radius 3 is 2.24 bits per heavy atom. The van der Waals surface area contributed by atoms with Gasteiger partial charge in [0.25, 0.3) is 0 Å². The molecule has 1 aliphatic carbocycles. The van der Waals surface area contributed by atoms with Crippen molar-refractivity contribution in [3.63, 3.8) is 0 Å². The molecule has 4 rings (SSSR count). The summed E-state index contributed by atoms with van der Waals surface area (Å²) in [5.74, 6) is 0.187. The number of carbonyl (C=O) groups excluding carboxylic acids is 2. The fraction of sp³-hybridized carbons (Fsp3) is 0.310. The standard InChI is InChI=1S/C29H32N2O2S/c1-20-13-18-26(21(2)19-20)31-29(33)27(22-9-5-3-6-10-22)34-25-16-14-24(15-17-25)30-28(32)23-11-7-4-8-12-23/h3,5-6,9-10,13-19,23,27H,4,7-8,11-12H2,1-2H3,(H,30,32)(H,31,33). The minimum absolute atomic E-state index is 0.0576. The molecule has 34 heavy (non-hydrogen) atoms. The van der Waals surface area contributed by atoms with E-state index in [1.807, 2.05) is 80.6 Å². The summed E-state index contributed by atoms with van der Waals surface area (Å²) in [7, 11) is 0. The van der Waals surface area contributed by atoms with Crippen LogP contribution >= 0.6 is 11.8 Å². The number of anilines is 2. The first kappa shape index (κ1) is 24.1. The molecule has 1 atom stereocenters. The number of rotatable bonds is 7. The molecule has 5 heteroatoms. The van der Waals surface area contributed by atoms with Gasteiger partial charge in [0.2, 0.25) is 11.8 Å². The van der Waals surface area contributed by atoms with Gasteiger partial charge in [-0.05, 0) is 68.1 Å². The van der Waals surface area contributed by atoms with Crippen LogP contribution in [-0.4, -0.2) is 11.8 Å². The number of carbonyl (C=O) groups is 2. The van der Waals surface area contributed by atoms with E-state index in [-0.39, 0.29) is 17.7 Å². The second-order valence-electron chi connectivity index (χ2n) is 9.06. The monoisotopic (exact) mass is 472 g/mol. The average molecular weight is 473 g/mol. The first-order valence-corrected chi connectivity index (χ1v) is 12.9. The maximum atomic E-state index is 13.4. The molecule has 0 saturated heterocycles. The van der Waals surface area contributed by atoms with Crippen LogP contribution in [0.5, 0.6) is 0 Å². The van der Waals surface area contributed by atoms with Gasteiger partial charge in [-0.25, -0.2) is 0 Å². The summed E-state index contributed by atoms with van der Waals surface area (Å²) in [5.41, 5.74) is 4.79. The summed E-state index contributed by atoms with van der Waals surface area (Å²) in [5, 5.41) is 5.78. The number of nitrogens with one attached hydrogen (secondary N) is 2. The molecular formula is C29H32N2O2S. The Balaban J connectivity index is 1.47. The van der Waals surface area contributed by atoms with E-state index in [1.54, 1.807) is 0 Å². The molecule has 0 bridgehead atoms. The van der Waals surface area contributed by atoms with Crippen LogP contribution in [0.2, 0.25) is 0 Å². The molecule has 0 radical (unpaired) electrons. The van der Waals surface area contributed by atoms with Crippen LogP contribution in [0.1, 0.15) is 54.0 Å². The van der Waals surface area contributed by atoms with Gasteiger partial charge in [0.15, 0.2) is 0 Å². The second kappa shape index (κ2) is 11.4. The molecule has 0 spiro atoms. The van der Waals surface area contributed by atoms with Crippen LogP contribution in [-0.2, 0) is 9.59 Å². The van der Waals surface area contributed by atoms with Crippen LogP contribution in [0.3, 0.4) is 0 Å². The zero-order valence-corrected chi connectivity index (χ0v) is 20.7. The zero-order valence-electron chi connectivity index (χ0n) is 19.8. The van der Waals surface area contributed by atoms with E-state index < -0.39 is 5.25 Å².